The number of nitrogens with zero attached hydrogens (tertiary/aromatic N) is 1. The van der Waals surface area contributed by atoms with Crippen LogP contribution in [0.5, 0.6) is 0 Å². The average molecular weight is 262 g/mol. The van der Waals surface area contributed by atoms with Crippen molar-refractivity contribution in [3.8, 4) is 0 Å². The monoisotopic (exact) mass is 262 g/mol. The van der Waals surface area contributed by atoms with E-state index in [0.29, 0.717) is 6.04 Å². The van der Waals surface area contributed by atoms with Crippen molar-refractivity contribution >= 4 is 0 Å². The van der Waals surface area contributed by atoms with E-state index >= 15 is 0 Å². The van der Waals surface area contributed by atoms with Gasteiger partial charge in [0.05, 0.1) is 6.20 Å². The molecule has 106 valence electrons. The Bertz CT molecular complexity index is 395. The topological polar surface area (TPSA) is 52.7 Å². The van der Waals surface area contributed by atoms with Crippen LogP contribution >= 0.6 is 0 Å². The Kier molecular flexibility index (Phi) is 4.18. The van der Waals surface area contributed by atoms with E-state index in [4.69, 9.17) is 0 Å². The van der Waals surface area contributed by atoms with Gasteiger partial charge in [0.15, 0.2) is 0 Å². The maximum atomic E-state index is 4.10. The summed E-state index contributed by atoms with van der Waals surface area (Å²) in [6, 6.07) is 1.43. The summed E-state index contributed by atoms with van der Waals surface area (Å²) in [6.07, 6.45) is 10.2. The van der Waals surface area contributed by atoms with Gasteiger partial charge in [-0.2, -0.15) is 5.10 Å². The molecule has 1 aliphatic carbocycles. The van der Waals surface area contributed by atoms with Crippen molar-refractivity contribution in [2.24, 2.45) is 5.92 Å². The summed E-state index contributed by atoms with van der Waals surface area (Å²) in [7, 11) is 0. The van der Waals surface area contributed by atoms with E-state index in [2.05, 4.69) is 27.8 Å². The fraction of sp³-hybridized carbons (Fsp3) is 0.800. The summed E-state index contributed by atoms with van der Waals surface area (Å²) in [5, 5.41) is 14.6. The molecule has 1 aromatic rings. The number of aromatic amines is 1. The average Bonchev–Trinajstić information content (AvgIpc) is 3.06. The van der Waals surface area contributed by atoms with Gasteiger partial charge < -0.3 is 10.6 Å². The summed E-state index contributed by atoms with van der Waals surface area (Å²) in [5.41, 5.74) is 2.50. The molecule has 3 rings (SSSR count). The summed E-state index contributed by atoms with van der Waals surface area (Å²) in [5.74, 6) is 0.826. The maximum absolute atomic E-state index is 4.10. The molecule has 1 aromatic heterocycles. The van der Waals surface area contributed by atoms with Crippen molar-refractivity contribution < 1.29 is 0 Å². The first-order valence-corrected chi connectivity index (χ1v) is 7.80. The van der Waals surface area contributed by atoms with Crippen LogP contribution in [0.25, 0.3) is 0 Å². The molecule has 19 heavy (non-hydrogen) atoms. The molecule has 3 atom stereocenters. The number of nitrogens with one attached hydrogen (secondary N) is 3. The Morgan fingerprint density at radius 2 is 2.21 bits per heavy atom. The van der Waals surface area contributed by atoms with Crippen LogP contribution in [0.2, 0.25) is 0 Å². The van der Waals surface area contributed by atoms with Crippen LogP contribution in [-0.2, 0) is 6.54 Å². The van der Waals surface area contributed by atoms with Gasteiger partial charge in [0.2, 0.25) is 0 Å². The minimum Gasteiger partial charge on any atom is -0.314 e. The van der Waals surface area contributed by atoms with Crippen molar-refractivity contribution in [1.29, 1.82) is 0 Å². The van der Waals surface area contributed by atoms with Crippen LogP contribution in [0.1, 0.15) is 49.8 Å². The molecule has 1 saturated heterocycles. The lowest BCUT2D eigenvalue weighted by Crippen LogP contribution is -2.46. The van der Waals surface area contributed by atoms with E-state index in [-0.39, 0.29) is 0 Å². The third-order valence-electron chi connectivity index (χ3n) is 4.92. The Morgan fingerprint density at radius 3 is 2.95 bits per heavy atom. The number of hydrogen-bond donors (Lipinski definition) is 3. The molecular weight excluding hydrogens is 236 g/mol. The quantitative estimate of drug-likeness (QED) is 0.779. The molecule has 1 aliphatic heterocycles. The van der Waals surface area contributed by atoms with E-state index < -0.39 is 0 Å². The van der Waals surface area contributed by atoms with Crippen LogP contribution in [0.3, 0.4) is 0 Å². The standard InChI is InChI=1S/C15H26N4/c1-11-12(10-18-19-11)9-17-15-7-4-5-13(15)14-6-2-3-8-16-14/h10,13-17H,2-9H2,1H3,(H,18,19). The first-order valence-electron chi connectivity index (χ1n) is 7.80. The Morgan fingerprint density at radius 1 is 1.26 bits per heavy atom. The molecule has 0 radical (unpaired) electrons. The molecule has 0 spiro atoms. The van der Waals surface area contributed by atoms with Gasteiger partial charge in [-0.1, -0.05) is 12.8 Å². The third kappa shape index (κ3) is 3.00. The largest absolute Gasteiger partial charge is 0.314 e. The van der Waals surface area contributed by atoms with Crippen molar-refractivity contribution in [2.45, 2.75) is 64.1 Å². The highest BCUT2D eigenvalue weighted by atomic mass is 15.1. The van der Waals surface area contributed by atoms with E-state index in [9.17, 15) is 0 Å². The number of H-pyrrole nitrogens is 1. The molecule has 2 heterocycles. The Balaban J connectivity index is 1.55. The van der Waals surface area contributed by atoms with Crippen molar-refractivity contribution in [3.05, 3.63) is 17.5 Å². The number of aryl methyl sites for hydroxylation is 1. The molecule has 4 nitrogen and oxygen atoms in total. The number of aromatic nitrogens is 2. The zero-order chi connectivity index (χ0) is 13.1. The van der Waals surface area contributed by atoms with Crippen LogP contribution in [0.4, 0.5) is 0 Å². The van der Waals surface area contributed by atoms with Crippen LogP contribution < -0.4 is 10.6 Å². The second-order valence-electron chi connectivity index (χ2n) is 6.16. The fourth-order valence-corrected chi connectivity index (χ4v) is 3.76. The molecule has 3 N–H and O–H groups in total. The lowest BCUT2D eigenvalue weighted by atomic mass is 9.88. The van der Waals surface area contributed by atoms with Crippen molar-refractivity contribution in [2.75, 3.05) is 6.54 Å². The number of piperidine rings is 1. The van der Waals surface area contributed by atoms with Crippen molar-refractivity contribution in [1.82, 2.24) is 20.8 Å². The van der Waals surface area contributed by atoms with Crippen LogP contribution in [0, 0.1) is 12.8 Å². The highest BCUT2D eigenvalue weighted by molar-refractivity contribution is 5.14. The highest BCUT2D eigenvalue weighted by Gasteiger charge is 2.33. The molecule has 3 unspecified atom stereocenters. The Labute approximate surface area is 115 Å². The smallest absolute Gasteiger partial charge is 0.0535 e. The summed E-state index contributed by atoms with van der Waals surface area (Å²) >= 11 is 0. The lowest BCUT2D eigenvalue weighted by molar-refractivity contribution is 0.257. The molecule has 0 bridgehead atoms. The number of hydrogen-bond acceptors (Lipinski definition) is 3. The second kappa shape index (κ2) is 6.06. The predicted molar refractivity (Wildman–Crippen MR) is 76.9 cm³/mol. The summed E-state index contributed by atoms with van der Waals surface area (Å²) in [6.45, 7) is 4.27. The van der Waals surface area contributed by atoms with Gasteiger partial charge in [-0.15, -0.1) is 0 Å². The fourth-order valence-electron chi connectivity index (χ4n) is 3.76. The normalized spacial score (nSPS) is 31.7. The van der Waals surface area contributed by atoms with Crippen LogP contribution in [0.15, 0.2) is 6.20 Å². The third-order valence-corrected chi connectivity index (χ3v) is 4.92. The van der Waals surface area contributed by atoms with E-state index in [0.717, 1.165) is 18.5 Å². The molecule has 2 fully saturated rings. The predicted octanol–water partition coefficient (Wildman–Crippen LogP) is 2.12. The second-order valence-corrected chi connectivity index (χ2v) is 6.16. The van der Waals surface area contributed by atoms with Gasteiger partial charge in [0.1, 0.15) is 0 Å². The van der Waals surface area contributed by atoms with Gasteiger partial charge in [-0.25, -0.2) is 0 Å². The zero-order valence-corrected chi connectivity index (χ0v) is 11.9. The SMILES string of the molecule is Cc1[nH]ncc1CNC1CCCC1C1CCCCN1. The maximum Gasteiger partial charge on any atom is 0.0535 e. The lowest BCUT2D eigenvalue weighted by Gasteiger charge is -2.33. The van der Waals surface area contributed by atoms with E-state index in [1.54, 1.807) is 0 Å². The molecule has 0 amide bonds. The minimum atomic E-state index is 0.685. The van der Waals surface area contributed by atoms with E-state index in [1.165, 1.54) is 56.3 Å². The van der Waals surface area contributed by atoms with E-state index in [1.807, 2.05) is 6.20 Å². The molecule has 4 heteroatoms. The molecule has 2 aliphatic rings. The molecular formula is C15H26N4. The summed E-state index contributed by atoms with van der Waals surface area (Å²) in [4.78, 5) is 0. The first kappa shape index (κ1) is 13.1. The first-order chi connectivity index (χ1) is 9.34. The molecule has 0 aromatic carbocycles. The van der Waals surface area contributed by atoms with Gasteiger partial charge in [-0.05, 0) is 45.1 Å². The van der Waals surface area contributed by atoms with Gasteiger partial charge in [0, 0.05) is 29.9 Å². The van der Waals surface area contributed by atoms with Gasteiger partial charge >= 0.3 is 0 Å². The van der Waals surface area contributed by atoms with Gasteiger partial charge in [0.25, 0.3) is 0 Å². The summed E-state index contributed by atoms with van der Waals surface area (Å²) < 4.78 is 0. The highest BCUT2D eigenvalue weighted by Crippen LogP contribution is 2.31. The zero-order valence-electron chi connectivity index (χ0n) is 11.9. The number of rotatable bonds is 4. The minimum absolute atomic E-state index is 0.685. The van der Waals surface area contributed by atoms with Gasteiger partial charge in [-0.3, -0.25) is 5.10 Å². The van der Waals surface area contributed by atoms with Crippen LogP contribution in [-0.4, -0.2) is 28.8 Å². The van der Waals surface area contributed by atoms with Crippen molar-refractivity contribution in [3.63, 3.8) is 0 Å². The molecule has 1 saturated carbocycles. The Hall–Kier alpha value is -0.870.